The van der Waals surface area contributed by atoms with Crippen LogP contribution in [-0.2, 0) is 4.79 Å². The highest BCUT2D eigenvalue weighted by molar-refractivity contribution is 5.75. The van der Waals surface area contributed by atoms with Gasteiger partial charge in [-0.1, -0.05) is 6.07 Å². The largest absolute Gasteiger partial charge is 0.484 e. The summed E-state index contributed by atoms with van der Waals surface area (Å²) in [5.41, 5.74) is 6.75. The zero-order valence-corrected chi connectivity index (χ0v) is 11.1. The summed E-state index contributed by atoms with van der Waals surface area (Å²) in [6.07, 6.45) is 5.00. The van der Waals surface area contributed by atoms with Gasteiger partial charge in [-0.15, -0.1) is 0 Å². The standard InChI is InChI=1S/C14H16N4O2/c1-10(13-8-16-5-6-17-13)18-11-3-2-4-12(7-11)20-9-14(15)19/h2-8,10,18H,9H2,1H3,(H2,15,19). The van der Waals surface area contributed by atoms with Gasteiger partial charge in [0.05, 0.1) is 17.9 Å². The lowest BCUT2D eigenvalue weighted by molar-refractivity contribution is -0.119. The van der Waals surface area contributed by atoms with Crippen molar-refractivity contribution in [3.05, 3.63) is 48.5 Å². The number of aromatic nitrogens is 2. The molecular weight excluding hydrogens is 256 g/mol. The fourth-order valence-corrected chi connectivity index (χ4v) is 1.69. The van der Waals surface area contributed by atoms with Crippen LogP contribution < -0.4 is 15.8 Å². The minimum atomic E-state index is -0.503. The molecule has 1 aromatic heterocycles. The molecule has 1 aromatic carbocycles. The molecular formula is C14H16N4O2. The molecule has 0 radical (unpaired) electrons. The zero-order chi connectivity index (χ0) is 14.4. The number of nitrogens with one attached hydrogen (secondary N) is 1. The Morgan fingerprint density at radius 3 is 3.00 bits per heavy atom. The first kappa shape index (κ1) is 13.8. The Hall–Kier alpha value is -2.63. The van der Waals surface area contributed by atoms with Crippen LogP contribution in [0.25, 0.3) is 0 Å². The number of hydrogen-bond donors (Lipinski definition) is 2. The molecule has 0 spiro atoms. The number of rotatable bonds is 6. The quantitative estimate of drug-likeness (QED) is 0.832. The van der Waals surface area contributed by atoms with Crippen LogP contribution >= 0.6 is 0 Å². The van der Waals surface area contributed by atoms with E-state index in [0.717, 1.165) is 11.4 Å². The Morgan fingerprint density at radius 2 is 2.30 bits per heavy atom. The first-order valence-electron chi connectivity index (χ1n) is 6.19. The van der Waals surface area contributed by atoms with Crippen LogP contribution in [-0.4, -0.2) is 22.5 Å². The number of nitrogens with zero attached hydrogens (tertiary/aromatic N) is 2. The van der Waals surface area contributed by atoms with Crippen LogP contribution in [0.1, 0.15) is 18.7 Å². The van der Waals surface area contributed by atoms with Crippen molar-refractivity contribution in [2.24, 2.45) is 5.73 Å². The Bertz CT molecular complexity index is 574. The maximum atomic E-state index is 10.7. The number of carbonyl (C=O) groups is 1. The Balaban J connectivity index is 2.02. The van der Waals surface area contributed by atoms with Crippen molar-refractivity contribution in [2.75, 3.05) is 11.9 Å². The lowest BCUT2D eigenvalue weighted by Gasteiger charge is -2.15. The molecule has 0 aliphatic carbocycles. The molecule has 3 N–H and O–H groups in total. The van der Waals surface area contributed by atoms with Crippen molar-refractivity contribution in [1.82, 2.24) is 9.97 Å². The number of benzene rings is 1. The minimum absolute atomic E-state index is 0.00934. The van der Waals surface area contributed by atoms with Crippen LogP contribution in [0.5, 0.6) is 5.75 Å². The normalized spacial score (nSPS) is 11.7. The first-order chi connectivity index (χ1) is 9.65. The fourth-order valence-electron chi connectivity index (χ4n) is 1.69. The molecule has 0 saturated heterocycles. The molecule has 0 bridgehead atoms. The van der Waals surface area contributed by atoms with Gasteiger partial charge in [0.2, 0.25) is 0 Å². The number of primary amides is 1. The maximum Gasteiger partial charge on any atom is 0.255 e. The second kappa shape index (κ2) is 6.51. The molecule has 0 aliphatic heterocycles. The van der Waals surface area contributed by atoms with Crippen LogP contribution in [0.3, 0.4) is 0 Å². The summed E-state index contributed by atoms with van der Waals surface area (Å²) in [6, 6.07) is 7.32. The molecule has 2 aromatic rings. The van der Waals surface area contributed by atoms with E-state index in [1.165, 1.54) is 0 Å². The van der Waals surface area contributed by atoms with Crippen LogP contribution in [0.15, 0.2) is 42.9 Å². The maximum absolute atomic E-state index is 10.7. The van der Waals surface area contributed by atoms with Gasteiger partial charge in [-0.25, -0.2) is 0 Å². The third-order valence-corrected chi connectivity index (χ3v) is 2.63. The molecule has 20 heavy (non-hydrogen) atoms. The van der Waals surface area contributed by atoms with E-state index in [2.05, 4.69) is 15.3 Å². The molecule has 1 atom stereocenters. The third kappa shape index (κ3) is 3.94. The van der Waals surface area contributed by atoms with Crippen LogP contribution in [0.2, 0.25) is 0 Å². The predicted molar refractivity (Wildman–Crippen MR) is 75.2 cm³/mol. The van der Waals surface area contributed by atoms with E-state index in [1.807, 2.05) is 19.1 Å². The van der Waals surface area contributed by atoms with E-state index in [1.54, 1.807) is 30.7 Å². The molecule has 1 heterocycles. The van der Waals surface area contributed by atoms with Crippen molar-refractivity contribution in [2.45, 2.75) is 13.0 Å². The molecule has 0 saturated carbocycles. The SMILES string of the molecule is CC(Nc1cccc(OCC(N)=O)c1)c1cnccn1. The molecule has 0 fully saturated rings. The molecule has 6 heteroatoms. The van der Waals surface area contributed by atoms with Crippen molar-refractivity contribution in [3.8, 4) is 5.75 Å². The van der Waals surface area contributed by atoms with Crippen molar-refractivity contribution in [1.29, 1.82) is 0 Å². The number of carbonyl (C=O) groups excluding carboxylic acids is 1. The second-order valence-corrected chi connectivity index (χ2v) is 4.28. The van der Waals surface area contributed by atoms with Gasteiger partial charge in [-0.05, 0) is 19.1 Å². The fraction of sp³-hybridized carbons (Fsp3) is 0.214. The monoisotopic (exact) mass is 272 g/mol. The summed E-state index contributed by atoms with van der Waals surface area (Å²) in [4.78, 5) is 19.0. The topological polar surface area (TPSA) is 90.1 Å². The van der Waals surface area contributed by atoms with Crippen LogP contribution in [0, 0.1) is 0 Å². The molecule has 104 valence electrons. The van der Waals surface area contributed by atoms with E-state index < -0.39 is 5.91 Å². The third-order valence-electron chi connectivity index (χ3n) is 2.63. The van der Waals surface area contributed by atoms with Gasteiger partial charge in [-0.3, -0.25) is 14.8 Å². The van der Waals surface area contributed by atoms with E-state index in [9.17, 15) is 4.79 Å². The molecule has 1 amide bonds. The first-order valence-corrected chi connectivity index (χ1v) is 6.19. The number of ether oxygens (including phenoxy) is 1. The van der Waals surface area contributed by atoms with E-state index in [-0.39, 0.29) is 12.6 Å². The van der Waals surface area contributed by atoms with Gasteiger partial charge in [0.1, 0.15) is 5.75 Å². The van der Waals surface area contributed by atoms with Gasteiger partial charge in [0, 0.05) is 24.1 Å². The van der Waals surface area contributed by atoms with Crippen LogP contribution in [0.4, 0.5) is 5.69 Å². The van der Waals surface area contributed by atoms with Gasteiger partial charge in [-0.2, -0.15) is 0 Å². The van der Waals surface area contributed by atoms with E-state index in [4.69, 9.17) is 10.5 Å². The average Bonchev–Trinajstić information content (AvgIpc) is 2.46. The highest BCUT2D eigenvalue weighted by Crippen LogP contribution is 2.21. The minimum Gasteiger partial charge on any atom is -0.484 e. The van der Waals surface area contributed by atoms with Crippen molar-refractivity contribution >= 4 is 11.6 Å². The zero-order valence-electron chi connectivity index (χ0n) is 11.1. The van der Waals surface area contributed by atoms with Gasteiger partial charge < -0.3 is 15.8 Å². The molecule has 0 aliphatic rings. The number of hydrogen-bond acceptors (Lipinski definition) is 5. The number of anilines is 1. The van der Waals surface area contributed by atoms with Crippen molar-refractivity contribution < 1.29 is 9.53 Å². The van der Waals surface area contributed by atoms with E-state index >= 15 is 0 Å². The Labute approximate surface area is 117 Å². The molecule has 1 unspecified atom stereocenters. The van der Waals surface area contributed by atoms with Gasteiger partial charge in [0.15, 0.2) is 6.61 Å². The Kier molecular flexibility index (Phi) is 4.49. The lowest BCUT2D eigenvalue weighted by atomic mass is 10.2. The summed E-state index contributed by atoms with van der Waals surface area (Å²) < 4.78 is 5.25. The summed E-state index contributed by atoms with van der Waals surface area (Å²) in [5.74, 6) is 0.0800. The summed E-state index contributed by atoms with van der Waals surface area (Å²) in [7, 11) is 0. The highest BCUT2D eigenvalue weighted by Gasteiger charge is 2.07. The summed E-state index contributed by atoms with van der Waals surface area (Å²) in [5, 5.41) is 3.29. The highest BCUT2D eigenvalue weighted by atomic mass is 16.5. The average molecular weight is 272 g/mol. The smallest absolute Gasteiger partial charge is 0.255 e. The second-order valence-electron chi connectivity index (χ2n) is 4.28. The molecule has 6 nitrogen and oxygen atoms in total. The molecule has 2 rings (SSSR count). The van der Waals surface area contributed by atoms with E-state index in [0.29, 0.717) is 5.75 Å². The lowest BCUT2D eigenvalue weighted by Crippen LogP contribution is -2.20. The Morgan fingerprint density at radius 1 is 1.45 bits per heavy atom. The predicted octanol–water partition coefficient (Wildman–Crippen LogP) is 1.51. The van der Waals surface area contributed by atoms with Crippen molar-refractivity contribution in [3.63, 3.8) is 0 Å². The summed E-state index contributed by atoms with van der Waals surface area (Å²) in [6.45, 7) is 1.85. The van der Waals surface area contributed by atoms with Gasteiger partial charge >= 0.3 is 0 Å². The summed E-state index contributed by atoms with van der Waals surface area (Å²) >= 11 is 0. The van der Waals surface area contributed by atoms with Gasteiger partial charge in [0.25, 0.3) is 5.91 Å². The number of amides is 1. The number of nitrogens with two attached hydrogens (primary N) is 1.